The number of ether oxygens (including phenoxy) is 1. The predicted octanol–water partition coefficient (Wildman–Crippen LogP) is 4.10. The zero-order chi connectivity index (χ0) is 13.2. The highest BCUT2D eigenvalue weighted by Crippen LogP contribution is 2.34. The molecule has 0 aliphatic rings. The van der Waals surface area contributed by atoms with Gasteiger partial charge in [0.1, 0.15) is 5.75 Å². The summed E-state index contributed by atoms with van der Waals surface area (Å²) >= 11 is 0. The van der Waals surface area contributed by atoms with Crippen LogP contribution in [-0.4, -0.2) is 7.11 Å². The van der Waals surface area contributed by atoms with Crippen LogP contribution in [0.15, 0.2) is 60.7 Å². The lowest BCUT2D eigenvalue weighted by Crippen LogP contribution is -1.92. The molecule has 0 unspecified atom stereocenters. The minimum Gasteiger partial charge on any atom is -0.497 e. The highest BCUT2D eigenvalue weighted by Gasteiger charge is 2.07. The van der Waals surface area contributed by atoms with Gasteiger partial charge in [-0.15, -0.1) is 0 Å². The molecule has 0 spiro atoms. The van der Waals surface area contributed by atoms with Gasteiger partial charge in [0, 0.05) is 17.3 Å². The largest absolute Gasteiger partial charge is 0.497 e. The zero-order valence-corrected chi connectivity index (χ0v) is 10.8. The van der Waals surface area contributed by atoms with E-state index in [1.54, 1.807) is 7.11 Å². The Morgan fingerprint density at radius 1 is 0.842 bits per heavy atom. The quantitative estimate of drug-likeness (QED) is 0.694. The van der Waals surface area contributed by atoms with Gasteiger partial charge in [-0.05, 0) is 28.5 Å². The molecule has 0 amide bonds. The Balaban J connectivity index is 2.24. The van der Waals surface area contributed by atoms with Gasteiger partial charge in [0.2, 0.25) is 0 Å². The molecule has 2 N–H and O–H groups in total. The SMILES string of the molecule is COc1ccc(-c2cccc3ccccc23)c(N)c1. The summed E-state index contributed by atoms with van der Waals surface area (Å²) < 4.78 is 5.19. The van der Waals surface area contributed by atoms with Crippen molar-refractivity contribution in [2.75, 3.05) is 12.8 Å². The first kappa shape index (κ1) is 11.6. The molecule has 3 rings (SSSR count). The average Bonchev–Trinajstić information content (AvgIpc) is 2.46. The Kier molecular flexibility index (Phi) is 2.84. The van der Waals surface area contributed by atoms with Gasteiger partial charge in [-0.3, -0.25) is 0 Å². The third-order valence-electron chi connectivity index (χ3n) is 3.34. The molecule has 0 heterocycles. The number of methoxy groups -OCH3 is 1. The third-order valence-corrected chi connectivity index (χ3v) is 3.34. The van der Waals surface area contributed by atoms with Crippen LogP contribution in [-0.2, 0) is 0 Å². The summed E-state index contributed by atoms with van der Waals surface area (Å²) in [4.78, 5) is 0. The number of hydrogen-bond acceptors (Lipinski definition) is 2. The molecule has 3 aromatic carbocycles. The highest BCUT2D eigenvalue weighted by atomic mass is 16.5. The minimum absolute atomic E-state index is 0.732. The van der Waals surface area contributed by atoms with Crippen LogP contribution < -0.4 is 10.5 Å². The van der Waals surface area contributed by atoms with Crippen LogP contribution in [0.4, 0.5) is 5.69 Å². The molecule has 0 atom stereocenters. The molecule has 0 saturated heterocycles. The number of fused-ring (bicyclic) bond motifs is 1. The molecule has 0 aliphatic heterocycles. The van der Waals surface area contributed by atoms with E-state index in [4.69, 9.17) is 10.5 Å². The van der Waals surface area contributed by atoms with Gasteiger partial charge < -0.3 is 10.5 Å². The van der Waals surface area contributed by atoms with Gasteiger partial charge in [0.05, 0.1) is 7.11 Å². The maximum atomic E-state index is 6.14. The summed E-state index contributed by atoms with van der Waals surface area (Å²) in [5.41, 5.74) is 9.06. The summed E-state index contributed by atoms with van der Waals surface area (Å²) in [6.45, 7) is 0. The summed E-state index contributed by atoms with van der Waals surface area (Å²) in [5, 5.41) is 2.43. The number of benzene rings is 3. The topological polar surface area (TPSA) is 35.2 Å². The number of anilines is 1. The minimum atomic E-state index is 0.732. The van der Waals surface area contributed by atoms with Gasteiger partial charge >= 0.3 is 0 Å². The predicted molar refractivity (Wildman–Crippen MR) is 80.3 cm³/mol. The van der Waals surface area contributed by atoms with E-state index in [9.17, 15) is 0 Å². The molecule has 2 nitrogen and oxygen atoms in total. The lowest BCUT2D eigenvalue weighted by Gasteiger charge is -2.10. The van der Waals surface area contributed by atoms with Crippen molar-refractivity contribution in [3.63, 3.8) is 0 Å². The summed E-state index contributed by atoms with van der Waals surface area (Å²) in [5.74, 6) is 0.779. The Labute approximate surface area is 112 Å². The molecular formula is C17H15NO. The number of nitrogens with two attached hydrogens (primary N) is 1. The second-order valence-corrected chi connectivity index (χ2v) is 4.48. The summed E-state index contributed by atoms with van der Waals surface area (Å²) in [6.07, 6.45) is 0. The van der Waals surface area contributed by atoms with Crippen molar-refractivity contribution in [2.24, 2.45) is 0 Å². The van der Waals surface area contributed by atoms with Gasteiger partial charge in [-0.1, -0.05) is 42.5 Å². The number of hydrogen-bond donors (Lipinski definition) is 1. The first-order valence-corrected chi connectivity index (χ1v) is 6.21. The molecule has 0 saturated carbocycles. The van der Waals surface area contributed by atoms with E-state index in [-0.39, 0.29) is 0 Å². The van der Waals surface area contributed by atoms with E-state index in [1.807, 2.05) is 30.3 Å². The molecule has 0 fully saturated rings. The van der Waals surface area contributed by atoms with Crippen LogP contribution in [0.5, 0.6) is 5.75 Å². The van der Waals surface area contributed by atoms with E-state index >= 15 is 0 Å². The van der Waals surface area contributed by atoms with Crippen molar-refractivity contribution in [3.8, 4) is 16.9 Å². The lowest BCUT2D eigenvalue weighted by atomic mass is 9.97. The fraction of sp³-hybridized carbons (Fsp3) is 0.0588. The summed E-state index contributed by atoms with van der Waals surface area (Å²) in [7, 11) is 1.65. The van der Waals surface area contributed by atoms with E-state index < -0.39 is 0 Å². The Hall–Kier alpha value is -2.48. The Morgan fingerprint density at radius 2 is 1.63 bits per heavy atom. The summed E-state index contributed by atoms with van der Waals surface area (Å²) in [6, 6.07) is 20.4. The third kappa shape index (κ3) is 2.02. The van der Waals surface area contributed by atoms with Gasteiger partial charge in [0.25, 0.3) is 0 Å². The Bertz CT molecular complexity index is 729. The fourth-order valence-electron chi connectivity index (χ4n) is 2.37. The molecule has 0 bridgehead atoms. The monoisotopic (exact) mass is 249 g/mol. The van der Waals surface area contributed by atoms with E-state index in [0.29, 0.717) is 0 Å². The number of nitrogen functional groups attached to an aromatic ring is 1. The maximum Gasteiger partial charge on any atom is 0.120 e. The number of rotatable bonds is 2. The van der Waals surface area contributed by atoms with Crippen molar-refractivity contribution in [3.05, 3.63) is 60.7 Å². The van der Waals surface area contributed by atoms with Crippen LogP contribution >= 0.6 is 0 Å². The van der Waals surface area contributed by atoms with Gasteiger partial charge in [-0.25, -0.2) is 0 Å². The molecule has 0 aromatic heterocycles. The van der Waals surface area contributed by atoms with Crippen LogP contribution in [0.1, 0.15) is 0 Å². The standard InChI is InChI=1S/C17H15NO/c1-19-13-9-10-16(17(18)11-13)15-8-4-6-12-5-2-3-7-14(12)15/h2-11H,18H2,1H3. The second kappa shape index (κ2) is 4.65. The average molecular weight is 249 g/mol. The first-order valence-electron chi connectivity index (χ1n) is 6.21. The van der Waals surface area contributed by atoms with Gasteiger partial charge in [0.15, 0.2) is 0 Å². The molecule has 94 valence electrons. The van der Waals surface area contributed by atoms with Crippen LogP contribution in [0, 0.1) is 0 Å². The van der Waals surface area contributed by atoms with E-state index in [1.165, 1.54) is 10.8 Å². The molecule has 0 radical (unpaired) electrons. The first-order chi connectivity index (χ1) is 9.29. The smallest absolute Gasteiger partial charge is 0.120 e. The van der Waals surface area contributed by atoms with Crippen molar-refractivity contribution >= 4 is 16.5 Å². The van der Waals surface area contributed by atoms with Crippen molar-refractivity contribution in [2.45, 2.75) is 0 Å². The molecule has 0 aliphatic carbocycles. The highest BCUT2D eigenvalue weighted by molar-refractivity contribution is 5.99. The van der Waals surface area contributed by atoms with Crippen molar-refractivity contribution in [1.82, 2.24) is 0 Å². The van der Waals surface area contributed by atoms with Crippen LogP contribution in [0.25, 0.3) is 21.9 Å². The fourth-order valence-corrected chi connectivity index (χ4v) is 2.37. The van der Waals surface area contributed by atoms with Crippen LogP contribution in [0.2, 0.25) is 0 Å². The van der Waals surface area contributed by atoms with Crippen molar-refractivity contribution in [1.29, 1.82) is 0 Å². The molecule has 3 aromatic rings. The van der Waals surface area contributed by atoms with E-state index in [0.717, 1.165) is 22.6 Å². The second-order valence-electron chi connectivity index (χ2n) is 4.48. The molecule has 19 heavy (non-hydrogen) atoms. The van der Waals surface area contributed by atoms with E-state index in [2.05, 4.69) is 30.3 Å². The lowest BCUT2D eigenvalue weighted by molar-refractivity contribution is 0.415. The Morgan fingerprint density at radius 3 is 2.42 bits per heavy atom. The normalized spacial score (nSPS) is 10.6. The van der Waals surface area contributed by atoms with Crippen LogP contribution in [0.3, 0.4) is 0 Å². The molecular weight excluding hydrogens is 234 g/mol. The van der Waals surface area contributed by atoms with Crippen molar-refractivity contribution < 1.29 is 4.74 Å². The zero-order valence-electron chi connectivity index (χ0n) is 10.8. The maximum absolute atomic E-state index is 6.14. The molecule has 2 heteroatoms. The van der Waals surface area contributed by atoms with Gasteiger partial charge in [-0.2, -0.15) is 0 Å².